The molecule has 0 amide bonds. The molecule has 1 N–H and O–H groups in total. The van der Waals surface area contributed by atoms with Gasteiger partial charge in [0.2, 0.25) is 0 Å². The normalized spacial score (nSPS) is 12.1. The number of nitrogens with one attached hydrogen (secondary N) is 1. The van der Waals surface area contributed by atoms with Gasteiger partial charge >= 0.3 is 0 Å². The van der Waals surface area contributed by atoms with Crippen LogP contribution in [0.2, 0.25) is 0 Å². The molecular formula is C16H21N3O2S2. The summed E-state index contributed by atoms with van der Waals surface area (Å²) in [6.07, 6.45) is 4.55. The van der Waals surface area contributed by atoms with Gasteiger partial charge in [0.1, 0.15) is 10.8 Å². The zero-order valence-electron chi connectivity index (χ0n) is 13.5. The molecule has 1 aromatic carbocycles. The summed E-state index contributed by atoms with van der Waals surface area (Å²) >= 11 is 1.59. The Hall–Kier alpha value is -1.60. The van der Waals surface area contributed by atoms with Crippen molar-refractivity contribution in [3.8, 4) is 0 Å². The van der Waals surface area contributed by atoms with E-state index in [-0.39, 0.29) is 6.54 Å². The van der Waals surface area contributed by atoms with Crippen LogP contribution in [0.25, 0.3) is 0 Å². The van der Waals surface area contributed by atoms with E-state index in [4.69, 9.17) is 0 Å². The quantitative estimate of drug-likeness (QED) is 0.773. The number of benzene rings is 1. The Morgan fingerprint density at radius 2 is 1.87 bits per heavy atom. The van der Waals surface area contributed by atoms with Crippen molar-refractivity contribution in [1.29, 1.82) is 0 Å². The van der Waals surface area contributed by atoms with Gasteiger partial charge in [0.05, 0.1) is 17.1 Å². The van der Waals surface area contributed by atoms with Crippen LogP contribution in [-0.4, -0.2) is 35.9 Å². The van der Waals surface area contributed by atoms with E-state index >= 15 is 0 Å². The van der Waals surface area contributed by atoms with Gasteiger partial charge in [0, 0.05) is 18.6 Å². The van der Waals surface area contributed by atoms with Gasteiger partial charge in [-0.05, 0) is 19.4 Å². The molecule has 2 rings (SSSR count). The zero-order chi connectivity index (χ0) is 16.9. The predicted molar refractivity (Wildman–Crippen MR) is 95.4 cm³/mol. The highest BCUT2D eigenvalue weighted by Gasteiger charge is 2.29. The van der Waals surface area contributed by atoms with E-state index in [1.165, 1.54) is 11.8 Å². The van der Waals surface area contributed by atoms with Crippen molar-refractivity contribution in [2.24, 2.45) is 0 Å². The first-order valence-electron chi connectivity index (χ1n) is 7.20. The zero-order valence-corrected chi connectivity index (χ0v) is 15.1. The molecule has 1 heterocycles. The molecule has 2 aromatic rings. The molecule has 23 heavy (non-hydrogen) atoms. The van der Waals surface area contributed by atoms with Crippen molar-refractivity contribution in [2.75, 3.05) is 18.1 Å². The molecule has 0 saturated carbocycles. The third-order valence-corrected chi connectivity index (χ3v) is 6.66. The van der Waals surface area contributed by atoms with Crippen LogP contribution in [0, 0.1) is 0 Å². The van der Waals surface area contributed by atoms with Crippen LogP contribution in [0.15, 0.2) is 47.8 Å². The number of aromatic nitrogens is 2. The predicted octanol–water partition coefficient (Wildman–Crippen LogP) is 3.00. The van der Waals surface area contributed by atoms with Crippen molar-refractivity contribution in [3.63, 3.8) is 0 Å². The van der Waals surface area contributed by atoms with E-state index in [1.54, 1.807) is 38.0 Å². The van der Waals surface area contributed by atoms with Gasteiger partial charge in [0.25, 0.3) is 0 Å². The summed E-state index contributed by atoms with van der Waals surface area (Å²) in [5, 5.41) is 3.87. The van der Waals surface area contributed by atoms with Gasteiger partial charge in [-0.25, -0.2) is 13.4 Å². The summed E-state index contributed by atoms with van der Waals surface area (Å²) in [5.41, 5.74) is 1.22. The topological polar surface area (TPSA) is 72.0 Å². The highest BCUT2D eigenvalue weighted by Crippen LogP contribution is 2.22. The fraction of sp³-hybridized carbons (Fsp3) is 0.375. The summed E-state index contributed by atoms with van der Waals surface area (Å²) in [5.74, 6) is 1.40. The van der Waals surface area contributed by atoms with Crippen molar-refractivity contribution in [1.82, 2.24) is 9.97 Å². The Kier molecular flexibility index (Phi) is 5.64. The van der Waals surface area contributed by atoms with Crippen LogP contribution in [0.5, 0.6) is 0 Å². The van der Waals surface area contributed by atoms with Gasteiger partial charge in [-0.1, -0.05) is 30.3 Å². The number of anilines is 1. The minimum Gasteiger partial charge on any atom is -0.367 e. The number of rotatable bonds is 7. The lowest BCUT2D eigenvalue weighted by Gasteiger charge is -2.23. The Bertz CT molecular complexity index is 747. The molecule has 0 radical (unpaired) electrons. The third kappa shape index (κ3) is 5.21. The Morgan fingerprint density at radius 3 is 2.52 bits per heavy atom. The van der Waals surface area contributed by atoms with E-state index in [0.717, 1.165) is 10.8 Å². The maximum Gasteiger partial charge on any atom is 0.154 e. The van der Waals surface area contributed by atoms with E-state index in [1.807, 2.05) is 18.2 Å². The SMILES string of the molecule is CC(C)(CNc1cncc(SCc2ccccc2)n1)S(C)(=O)=O. The van der Waals surface area contributed by atoms with Crippen molar-refractivity contribution >= 4 is 27.4 Å². The average molecular weight is 351 g/mol. The van der Waals surface area contributed by atoms with Gasteiger partial charge in [-0.15, -0.1) is 11.8 Å². The fourth-order valence-corrected chi connectivity index (χ4v) is 2.81. The van der Waals surface area contributed by atoms with Gasteiger partial charge in [-0.2, -0.15) is 0 Å². The second kappa shape index (κ2) is 7.31. The number of nitrogens with zero attached hydrogens (tertiary/aromatic N) is 2. The lowest BCUT2D eigenvalue weighted by atomic mass is 10.2. The average Bonchev–Trinajstić information content (AvgIpc) is 2.51. The molecule has 0 bridgehead atoms. The molecule has 0 atom stereocenters. The van der Waals surface area contributed by atoms with Gasteiger partial charge in [0.15, 0.2) is 9.84 Å². The van der Waals surface area contributed by atoms with Crippen LogP contribution in [0.4, 0.5) is 5.82 Å². The summed E-state index contributed by atoms with van der Waals surface area (Å²) < 4.78 is 22.6. The summed E-state index contributed by atoms with van der Waals surface area (Å²) in [7, 11) is -3.14. The van der Waals surface area contributed by atoms with E-state index < -0.39 is 14.6 Å². The van der Waals surface area contributed by atoms with Crippen LogP contribution in [0.3, 0.4) is 0 Å². The second-order valence-electron chi connectivity index (χ2n) is 5.90. The molecule has 1 aromatic heterocycles. The molecule has 0 saturated heterocycles. The number of hydrogen-bond donors (Lipinski definition) is 1. The molecule has 124 valence electrons. The van der Waals surface area contributed by atoms with Crippen molar-refractivity contribution < 1.29 is 8.42 Å². The number of sulfone groups is 1. The lowest BCUT2D eigenvalue weighted by Crippen LogP contribution is -2.38. The third-order valence-electron chi connectivity index (χ3n) is 3.54. The number of thioether (sulfide) groups is 1. The molecule has 0 aliphatic rings. The van der Waals surface area contributed by atoms with Crippen LogP contribution < -0.4 is 5.32 Å². The first-order chi connectivity index (χ1) is 10.8. The smallest absolute Gasteiger partial charge is 0.154 e. The van der Waals surface area contributed by atoms with Crippen molar-refractivity contribution in [3.05, 3.63) is 48.3 Å². The van der Waals surface area contributed by atoms with Crippen LogP contribution in [0.1, 0.15) is 19.4 Å². The van der Waals surface area contributed by atoms with Crippen LogP contribution in [-0.2, 0) is 15.6 Å². The lowest BCUT2D eigenvalue weighted by molar-refractivity contribution is 0.559. The standard InChI is InChI=1S/C16H21N3O2S2/c1-16(2,23(3,20)21)12-18-14-9-17-10-15(19-14)22-11-13-7-5-4-6-8-13/h4-10H,11-12H2,1-3H3,(H,18,19). The van der Waals surface area contributed by atoms with E-state index in [2.05, 4.69) is 27.4 Å². The van der Waals surface area contributed by atoms with E-state index in [9.17, 15) is 8.42 Å². The highest BCUT2D eigenvalue weighted by atomic mass is 32.2. The highest BCUT2D eigenvalue weighted by molar-refractivity contribution is 7.98. The molecule has 5 nitrogen and oxygen atoms in total. The Labute approximate surface area is 141 Å². The summed E-state index contributed by atoms with van der Waals surface area (Å²) in [4.78, 5) is 8.63. The minimum atomic E-state index is -3.14. The number of hydrogen-bond acceptors (Lipinski definition) is 6. The maximum absolute atomic E-state index is 11.7. The largest absolute Gasteiger partial charge is 0.367 e. The van der Waals surface area contributed by atoms with Crippen LogP contribution >= 0.6 is 11.8 Å². The second-order valence-corrected chi connectivity index (χ2v) is 9.55. The van der Waals surface area contributed by atoms with Gasteiger partial charge < -0.3 is 5.32 Å². The summed E-state index contributed by atoms with van der Waals surface area (Å²) in [6, 6.07) is 10.1. The molecule has 0 aliphatic carbocycles. The molecule has 0 aliphatic heterocycles. The molecule has 0 fully saturated rings. The first-order valence-corrected chi connectivity index (χ1v) is 10.1. The fourth-order valence-electron chi connectivity index (χ4n) is 1.67. The summed E-state index contributed by atoms with van der Waals surface area (Å²) in [6.45, 7) is 3.67. The minimum absolute atomic E-state index is 0.285. The molecular weight excluding hydrogens is 330 g/mol. The Morgan fingerprint density at radius 1 is 1.17 bits per heavy atom. The Balaban J connectivity index is 1.97. The van der Waals surface area contributed by atoms with Crippen molar-refractivity contribution in [2.45, 2.75) is 29.4 Å². The van der Waals surface area contributed by atoms with Gasteiger partial charge in [-0.3, -0.25) is 4.98 Å². The first kappa shape index (κ1) is 17.7. The molecule has 0 spiro atoms. The molecule has 0 unspecified atom stereocenters. The monoisotopic (exact) mass is 351 g/mol. The van der Waals surface area contributed by atoms with E-state index in [0.29, 0.717) is 5.82 Å². The molecule has 7 heteroatoms. The maximum atomic E-state index is 11.7.